The average molecular weight is 698 g/mol. The number of anilines is 3. The lowest BCUT2D eigenvalue weighted by Gasteiger charge is -2.67. The van der Waals surface area contributed by atoms with Crippen molar-refractivity contribution in [2.75, 3.05) is 4.90 Å². The van der Waals surface area contributed by atoms with Gasteiger partial charge in [0.25, 0.3) is 0 Å². The second kappa shape index (κ2) is 9.67. The zero-order chi connectivity index (χ0) is 35.9. The predicted octanol–water partition coefficient (Wildman–Crippen LogP) is 13.5. The Bertz CT molecular complexity index is 2550. The fourth-order valence-electron chi connectivity index (χ4n) is 14.9. The highest BCUT2D eigenvalue weighted by Crippen LogP contribution is 2.84. The molecule has 0 heterocycles. The fourth-order valence-corrected chi connectivity index (χ4v) is 14.9. The number of fused-ring (bicyclic) bond motifs is 9. The standard InChI is InChI=1S/C53H47N/c1-50(2)41-15-8-5-12-36(41)38-22-20-34(27-46(38)50)54(35-21-23-39-37-13-6-9-16-42(37)51(3,4)47(39)28-35)48-19-11-18-44-49(48)40-14-7-10-17-43(40)53(44)33-25-31-24-32-30-52(53,29-31)45(32)26-33/h5-23,27-28,31-33,45H,24-26,29-30H2,1-4H3. The van der Waals surface area contributed by atoms with Crippen LogP contribution in [-0.2, 0) is 16.2 Å². The van der Waals surface area contributed by atoms with Crippen molar-refractivity contribution in [3.05, 3.63) is 161 Å². The van der Waals surface area contributed by atoms with E-state index in [2.05, 4.69) is 160 Å². The maximum Gasteiger partial charge on any atom is 0.0543 e. The van der Waals surface area contributed by atoms with Gasteiger partial charge in [0, 0.05) is 33.2 Å². The van der Waals surface area contributed by atoms with Crippen molar-refractivity contribution in [1.82, 2.24) is 0 Å². The van der Waals surface area contributed by atoms with Crippen LogP contribution in [0.3, 0.4) is 0 Å². The molecule has 0 N–H and O–H groups in total. The molecule has 5 saturated carbocycles. The van der Waals surface area contributed by atoms with Gasteiger partial charge in [-0.25, -0.2) is 0 Å². The summed E-state index contributed by atoms with van der Waals surface area (Å²) in [7, 11) is 0. The first-order valence-corrected chi connectivity index (χ1v) is 20.8. The molecule has 2 spiro atoms. The van der Waals surface area contributed by atoms with E-state index in [0.717, 1.165) is 23.7 Å². The third-order valence-electron chi connectivity index (χ3n) is 16.7. The molecule has 1 heteroatoms. The van der Waals surface area contributed by atoms with Gasteiger partial charge in [0.15, 0.2) is 0 Å². The number of nitrogens with zero attached hydrogens (tertiary/aromatic N) is 1. The van der Waals surface area contributed by atoms with Crippen molar-refractivity contribution < 1.29 is 0 Å². The van der Waals surface area contributed by atoms with Gasteiger partial charge in [-0.05, 0) is 153 Å². The summed E-state index contributed by atoms with van der Waals surface area (Å²) in [4.78, 5) is 2.66. The van der Waals surface area contributed by atoms with Crippen LogP contribution in [0.2, 0.25) is 0 Å². The largest absolute Gasteiger partial charge is 0.310 e. The molecule has 0 aromatic heterocycles. The predicted molar refractivity (Wildman–Crippen MR) is 222 cm³/mol. The molecule has 6 aromatic rings. The van der Waals surface area contributed by atoms with Crippen LogP contribution in [-0.4, -0.2) is 0 Å². The molecule has 8 aliphatic rings. The van der Waals surface area contributed by atoms with Gasteiger partial charge in [-0.2, -0.15) is 0 Å². The molecule has 8 aliphatic carbocycles. The summed E-state index contributed by atoms with van der Waals surface area (Å²) in [6, 6.07) is 50.0. The third-order valence-corrected chi connectivity index (χ3v) is 16.7. The highest BCUT2D eigenvalue weighted by molar-refractivity contribution is 5.97. The molecule has 5 fully saturated rings. The summed E-state index contributed by atoms with van der Waals surface area (Å²) in [5.41, 5.74) is 21.7. The van der Waals surface area contributed by atoms with Gasteiger partial charge < -0.3 is 4.90 Å². The minimum Gasteiger partial charge on any atom is -0.310 e. The maximum absolute atomic E-state index is 2.66. The summed E-state index contributed by atoms with van der Waals surface area (Å²) < 4.78 is 0. The maximum atomic E-state index is 2.66. The molecule has 6 unspecified atom stereocenters. The molecule has 0 saturated heterocycles. The van der Waals surface area contributed by atoms with Crippen LogP contribution in [0.25, 0.3) is 33.4 Å². The highest BCUT2D eigenvalue weighted by atomic mass is 15.1. The number of hydrogen-bond donors (Lipinski definition) is 0. The average Bonchev–Trinajstić information content (AvgIpc) is 3.71. The van der Waals surface area contributed by atoms with Crippen LogP contribution in [0.15, 0.2) is 127 Å². The zero-order valence-electron chi connectivity index (χ0n) is 31.9. The molecular formula is C53H47N. The molecule has 14 rings (SSSR count). The SMILES string of the molecule is CC1(C)c2ccccc2-c2ccc(N(c3ccc4c(c3)C(C)(C)c3ccccc3-4)c3cccc4c3-c3ccccc3C43C4CC5CC6CC3(C5)C6C4)cc21. The molecule has 4 bridgehead atoms. The van der Waals surface area contributed by atoms with Gasteiger partial charge in [0.2, 0.25) is 0 Å². The first-order valence-electron chi connectivity index (χ1n) is 20.8. The molecule has 6 aromatic carbocycles. The molecule has 0 radical (unpaired) electrons. The van der Waals surface area contributed by atoms with Crippen molar-refractivity contribution in [2.24, 2.45) is 29.1 Å². The Morgan fingerprint density at radius 3 is 1.69 bits per heavy atom. The Morgan fingerprint density at radius 2 is 1.04 bits per heavy atom. The van der Waals surface area contributed by atoms with E-state index in [-0.39, 0.29) is 16.2 Å². The molecule has 6 atom stereocenters. The van der Waals surface area contributed by atoms with Gasteiger partial charge in [0.05, 0.1) is 5.69 Å². The minimum atomic E-state index is -0.0784. The second-order valence-corrected chi connectivity index (χ2v) is 19.4. The van der Waals surface area contributed by atoms with Crippen molar-refractivity contribution in [1.29, 1.82) is 0 Å². The molecule has 1 nitrogen and oxygen atoms in total. The van der Waals surface area contributed by atoms with E-state index in [4.69, 9.17) is 0 Å². The van der Waals surface area contributed by atoms with Crippen molar-refractivity contribution in [2.45, 2.75) is 76.0 Å². The van der Waals surface area contributed by atoms with E-state index < -0.39 is 0 Å². The number of hydrogen-bond acceptors (Lipinski definition) is 1. The van der Waals surface area contributed by atoms with Gasteiger partial charge in [-0.1, -0.05) is 125 Å². The van der Waals surface area contributed by atoms with E-state index >= 15 is 0 Å². The zero-order valence-corrected chi connectivity index (χ0v) is 31.9. The summed E-state index contributed by atoms with van der Waals surface area (Å²) >= 11 is 0. The van der Waals surface area contributed by atoms with E-state index in [1.165, 1.54) is 105 Å². The summed E-state index contributed by atoms with van der Waals surface area (Å²) in [5.74, 6) is 3.55. The van der Waals surface area contributed by atoms with Crippen LogP contribution in [0.4, 0.5) is 17.1 Å². The molecule has 264 valence electrons. The Kier molecular flexibility index (Phi) is 5.45. The molecule has 0 aliphatic heterocycles. The van der Waals surface area contributed by atoms with Crippen molar-refractivity contribution in [3.63, 3.8) is 0 Å². The van der Waals surface area contributed by atoms with E-state index in [1.807, 2.05) is 0 Å². The van der Waals surface area contributed by atoms with Crippen molar-refractivity contribution in [3.8, 4) is 33.4 Å². The quantitative estimate of drug-likeness (QED) is 0.178. The van der Waals surface area contributed by atoms with Crippen LogP contribution in [0.5, 0.6) is 0 Å². The third kappa shape index (κ3) is 3.27. The lowest BCUT2D eigenvalue weighted by molar-refractivity contribution is -0.140. The van der Waals surface area contributed by atoms with E-state index in [0.29, 0.717) is 5.41 Å². The normalized spacial score (nSPS) is 29.6. The number of benzene rings is 6. The van der Waals surface area contributed by atoms with Crippen LogP contribution < -0.4 is 4.90 Å². The molecular weight excluding hydrogens is 651 g/mol. The Labute approximate surface area is 320 Å². The van der Waals surface area contributed by atoms with Crippen molar-refractivity contribution >= 4 is 17.1 Å². The monoisotopic (exact) mass is 697 g/mol. The van der Waals surface area contributed by atoms with Gasteiger partial charge in [0.1, 0.15) is 0 Å². The first-order chi connectivity index (χ1) is 26.2. The molecule has 0 amide bonds. The van der Waals surface area contributed by atoms with Crippen LogP contribution in [0.1, 0.15) is 93.2 Å². The van der Waals surface area contributed by atoms with E-state index in [1.54, 1.807) is 11.1 Å². The Morgan fingerprint density at radius 1 is 0.481 bits per heavy atom. The lowest BCUT2D eigenvalue weighted by atomic mass is 9.36. The highest BCUT2D eigenvalue weighted by Gasteiger charge is 2.78. The Hall–Kier alpha value is -4.88. The van der Waals surface area contributed by atoms with Gasteiger partial charge in [-0.15, -0.1) is 0 Å². The topological polar surface area (TPSA) is 3.24 Å². The second-order valence-electron chi connectivity index (χ2n) is 19.4. The Balaban J connectivity index is 1.07. The first kappa shape index (κ1) is 30.4. The fraction of sp³-hybridized carbons (Fsp3) is 0.321. The van der Waals surface area contributed by atoms with Gasteiger partial charge >= 0.3 is 0 Å². The summed E-state index contributed by atoms with van der Waals surface area (Å²) in [6.07, 6.45) is 7.22. The minimum absolute atomic E-state index is 0.0784. The van der Waals surface area contributed by atoms with E-state index in [9.17, 15) is 0 Å². The lowest BCUT2D eigenvalue weighted by Crippen LogP contribution is -2.62. The van der Waals surface area contributed by atoms with Gasteiger partial charge in [-0.3, -0.25) is 0 Å². The number of rotatable bonds is 3. The van der Waals surface area contributed by atoms with Crippen LogP contribution >= 0.6 is 0 Å². The van der Waals surface area contributed by atoms with Crippen LogP contribution in [0, 0.1) is 29.1 Å². The smallest absolute Gasteiger partial charge is 0.0543 e. The summed E-state index contributed by atoms with van der Waals surface area (Å²) in [6.45, 7) is 9.66. The summed E-state index contributed by atoms with van der Waals surface area (Å²) in [5, 5.41) is 0. The molecule has 54 heavy (non-hydrogen) atoms.